The normalized spacial score (nSPS) is 8.88. The quantitative estimate of drug-likeness (QED) is 0.569. The highest BCUT2D eigenvalue weighted by molar-refractivity contribution is 5.73. The Labute approximate surface area is 94.8 Å². The zero-order valence-electron chi connectivity index (χ0n) is 9.33. The van der Waals surface area contributed by atoms with Crippen LogP contribution in [-0.2, 0) is 4.79 Å². The number of hydrogen-bond donors (Lipinski definition) is 2. The third-order valence-electron chi connectivity index (χ3n) is 1.82. The van der Waals surface area contributed by atoms with Crippen molar-refractivity contribution in [2.45, 2.75) is 6.92 Å². The Balaban J connectivity index is 2.72. The first-order chi connectivity index (χ1) is 7.61. The highest BCUT2D eigenvalue weighted by atomic mass is 16.5. The maximum absolute atomic E-state index is 10.6. The van der Waals surface area contributed by atoms with Crippen LogP contribution < -0.4 is 15.8 Å². The molecule has 1 aromatic carbocycles. The number of nitrogens with two attached hydrogens (primary N) is 1. The molecule has 0 aliphatic carbocycles. The van der Waals surface area contributed by atoms with Crippen molar-refractivity contribution in [1.29, 1.82) is 0 Å². The fourth-order valence-electron chi connectivity index (χ4n) is 1.13. The third kappa shape index (κ3) is 3.93. The van der Waals surface area contributed by atoms with Gasteiger partial charge in [0.2, 0.25) is 5.91 Å². The number of nitrogen functional groups attached to an aromatic ring is 1. The number of benzene rings is 1. The minimum absolute atomic E-state index is 0.0977. The number of ether oxygens (including phenoxy) is 1. The van der Waals surface area contributed by atoms with Gasteiger partial charge in [0.05, 0.1) is 13.7 Å². The number of carbonyl (C=O) groups excluding carboxylic acids is 1. The summed E-state index contributed by atoms with van der Waals surface area (Å²) in [5.41, 5.74) is 7.04. The lowest BCUT2D eigenvalue weighted by molar-refractivity contribution is -0.118. The first-order valence-electron chi connectivity index (χ1n) is 4.79. The van der Waals surface area contributed by atoms with Gasteiger partial charge in [-0.05, 0) is 12.1 Å². The van der Waals surface area contributed by atoms with Crippen LogP contribution in [0.5, 0.6) is 5.75 Å². The number of amides is 1. The number of hydrogen-bond acceptors (Lipinski definition) is 3. The van der Waals surface area contributed by atoms with Crippen LogP contribution in [0.15, 0.2) is 18.2 Å². The lowest BCUT2D eigenvalue weighted by atomic mass is 10.2. The van der Waals surface area contributed by atoms with E-state index < -0.39 is 0 Å². The number of rotatable bonds is 2. The van der Waals surface area contributed by atoms with Crippen molar-refractivity contribution in [3.05, 3.63) is 23.8 Å². The minimum atomic E-state index is -0.0977. The molecule has 0 bridgehead atoms. The molecule has 0 unspecified atom stereocenters. The van der Waals surface area contributed by atoms with E-state index in [9.17, 15) is 4.79 Å². The summed E-state index contributed by atoms with van der Waals surface area (Å²) in [6.45, 7) is 1.78. The zero-order chi connectivity index (χ0) is 12.0. The van der Waals surface area contributed by atoms with E-state index in [4.69, 9.17) is 10.5 Å². The largest absolute Gasteiger partial charge is 0.497 e. The number of nitrogens with one attached hydrogen (secondary N) is 1. The maximum atomic E-state index is 10.6. The zero-order valence-corrected chi connectivity index (χ0v) is 9.33. The monoisotopic (exact) mass is 218 g/mol. The van der Waals surface area contributed by atoms with Gasteiger partial charge in [-0.3, -0.25) is 4.79 Å². The van der Waals surface area contributed by atoms with E-state index in [2.05, 4.69) is 17.2 Å². The standard InChI is InChI=1S/C12H14N2O2/c1-9(15)14-5-3-4-10-6-11(13)8-12(7-10)16-2/h6-8H,5,13H2,1-2H3,(H,14,15). The van der Waals surface area contributed by atoms with Gasteiger partial charge in [-0.2, -0.15) is 0 Å². The van der Waals surface area contributed by atoms with E-state index in [1.54, 1.807) is 25.3 Å². The molecule has 0 fully saturated rings. The first kappa shape index (κ1) is 11.9. The fraction of sp³-hybridized carbons (Fsp3) is 0.250. The Morgan fingerprint density at radius 1 is 1.50 bits per heavy atom. The van der Waals surface area contributed by atoms with Gasteiger partial charge in [0.1, 0.15) is 5.75 Å². The van der Waals surface area contributed by atoms with Gasteiger partial charge in [0, 0.05) is 24.2 Å². The maximum Gasteiger partial charge on any atom is 0.217 e. The topological polar surface area (TPSA) is 64.3 Å². The van der Waals surface area contributed by atoms with Crippen molar-refractivity contribution in [1.82, 2.24) is 5.32 Å². The Morgan fingerprint density at radius 3 is 2.88 bits per heavy atom. The van der Waals surface area contributed by atoms with Gasteiger partial charge in [-0.1, -0.05) is 11.8 Å². The summed E-state index contributed by atoms with van der Waals surface area (Å²) in [6, 6.07) is 5.26. The number of carbonyl (C=O) groups is 1. The highest BCUT2D eigenvalue weighted by Gasteiger charge is 1.95. The molecule has 16 heavy (non-hydrogen) atoms. The van der Waals surface area contributed by atoms with E-state index in [-0.39, 0.29) is 5.91 Å². The molecule has 1 rings (SSSR count). The van der Waals surface area contributed by atoms with Crippen molar-refractivity contribution in [2.24, 2.45) is 0 Å². The van der Waals surface area contributed by atoms with Crippen LogP contribution in [0, 0.1) is 11.8 Å². The fourth-order valence-corrected chi connectivity index (χ4v) is 1.13. The summed E-state index contributed by atoms with van der Waals surface area (Å²) in [5.74, 6) is 6.28. The van der Waals surface area contributed by atoms with Gasteiger partial charge in [0.15, 0.2) is 0 Å². The van der Waals surface area contributed by atoms with Gasteiger partial charge in [-0.15, -0.1) is 0 Å². The lowest BCUT2D eigenvalue weighted by Gasteiger charge is -2.01. The van der Waals surface area contributed by atoms with Crippen LogP contribution in [0.3, 0.4) is 0 Å². The van der Waals surface area contributed by atoms with E-state index in [1.807, 2.05) is 0 Å². The summed E-state index contributed by atoms with van der Waals surface area (Å²) in [7, 11) is 1.57. The molecule has 3 N–H and O–H groups in total. The van der Waals surface area contributed by atoms with Crippen molar-refractivity contribution < 1.29 is 9.53 Å². The predicted octanol–water partition coefficient (Wildman–Crippen LogP) is 0.765. The molecular formula is C12H14N2O2. The molecule has 0 heterocycles. The average molecular weight is 218 g/mol. The molecule has 0 aliphatic heterocycles. The second kappa shape index (κ2) is 5.66. The van der Waals surface area contributed by atoms with Gasteiger partial charge < -0.3 is 15.8 Å². The molecule has 0 saturated carbocycles. The summed E-state index contributed by atoms with van der Waals surface area (Å²) in [6.07, 6.45) is 0. The molecule has 0 radical (unpaired) electrons. The Bertz CT molecular complexity index is 444. The molecule has 1 aromatic rings. The van der Waals surface area contributed by atoms with Crippen molar-refractivity contribution in [2.75, 3.05) is 19.4 Å². The van der Waals surface area contributed by atoms with E-state index >= 15 is 0 Å². The van der Waals surface area contributed by atoms with Crippen LogP contribution >= 0.6 is 0 Å². The number of anilines is 1. The molecule has 0 spiro atoms. The van der Waals surface area contributed by atoms with Crippen LogP contribution in [0.1, 0.15) is 12.5 Å². The molecule has 4 nitrogen and oxygen atoms in total. The van der Waals surface area contributed by atoms with Crippen molar-refractivity contribution in [3.63, 3.8) is 0 Å². The summed E-state index contributed by atoms with van der Waals surface area (Å²) in [4.78, 5) is 10.6. The third-order valence-corrected chi connectivity index (χ3v) is 1.82. The molecule has 4 heteroatoms. The molecule has 0 aliphatic rings. The Morgan fingerprint density at radius 2 is 2.25 bits per heavy atom. The summed E-state index contributed by atoms with van der Waals surface area (Å²) in [5, 5.41) is 2.58. The highest BCUT2D eigenvalue weighted by Crippen LogP contribution is 2.17. The minimum Gasteiger partial charge on any atom is -0.497 e. The van der Waals surface area contributed by atoms with Crippen LogP contribution in [0.2, 0.25) is 0 Å². The van der Waals surface area contributed by atoms with E-state index in [1.165, 1.54) is 6.92 Å². The second-order valence-electron chi connectivity index (χ2n) is 3.21. The van der Waals surface area contributed by atoms with E-state index in [0.717, 1.165) is 5.56 Å². The summed E-state index contributed by atoms with van der Waals surface area (Å²) >= 11 is 0. The molecule has 0 saturated heterocycles. The molecule has 0 atom stereocenters. The lowest BCUT2D eigenvalue weighted by Crippen LogP contribution is -2.19. The summed E-state index contributed by atoms with van der Waals surface area (Å²) < 4.78 is 5.06. The Kier molecular flexibility index (Phi) is 4.22. The average Bonchev–Trinajstić information content (AvgIpc) is 2.23. The first-order valence-corrected chi connectivity index (χ1v) is 4.79. The van der Waals surface area contributed by atoms with Crippen molar-refractivity contribution in [3.8, 4) is 17.6 Å². The number of methoxy groups -OCH3 is 1. The van der Waals surface area contributed by atoms with Crippen LogP contribution in [-0.4, -0.2) is 19.6 Å². The van der Waals surface area contributed by atoms with Crippen LogP contribution in [0.25, 0.3) is 0 Å². The van der Waals surface area contributed by atoms with E-state index in [0.29, 0.717) is 18.0 Å². The molecule has 0 aromatic heterocycles. The van der Waals surface area contributed by atoms with Gasteiger partial charge in [-0.25, -0.2) is 0 Å². The predicted molar refractivity (Wildman–Crippen MR) is 63.0 cm³/mol. The second-order valence-corrected chi connectivity index (χ2v) is 3.21. The van der Waals surface area contributed by atoms with Crippen LogP contribution in [0.4, 0.5) is 5.69 Å². The van der Waals surface area contributed by atoms with Gasteiger partial charge in [0.25, 0.3) is 0 Å². The van der Waals surface area contributed by atoms with Crippen molar-refractivity contribution >= 4 is 11.6 Å². The smallest absolute Gasteiger partial charge is 0.217 e. The molecule has 1 amide bonds. The van der Waals surface area contributed by atoms with Gasteiger partial charge >= 0.3 is 0 Å². The molecule has 84 valence electrons. The SMILES string of the molecule is COc1cc(N)cc(C#CCNC(C)=O)c1. The Hall–Kier alpha value is -2.15. The molecular weight excluding hydrogens is 204 g/mol.